The molecule has 4 N–H and O–H groups in total. The molecule has 4 unspecified atom stereocenters. The van der Waals surface area contributed by atoms with Gasteiger partial charge in [-0.2, -0.15) is 0 Å². The number of ether oxygens (including phenoxy) is 4. The third-order valence-electron chi connectivity index (χ3n) is 6.92. The predicted octanol–water partition coefficient (Wildman–Crippen LogP) is 4.15. The zero-order chi connectivity index (χ0) is 24.1. The van der Waals surface area contributed by atoms with Crippen LogP contribution in [0.5, 0.6) is 40.2 Å². The second-order valence-corrected chi connectivity index (χ2v) is 8.59. The summed E-state index contributed by atoms with van der Waals surface area (Å²) in [6, 6.07) is 11.6. The molecule has 0 bridgehead atoms. The fraction of sp³-hybridized carbons (Fsp3) is 0.308. The molecule has 1 saturated heterocycles. The molecular weight excluding hydrogens is 440 g/mol. The van der Waals surface area contributed by atoms with Crippen molar-refractivity contribution in [2.75, 3.05) is 27.9 Å². The molecule has 8 heteroatoms. The highest BCUT2D eigenvalue weighted by molar-refractivity contribution is 5.61. The van der Waals surface area contributed by atoms with Gasteiger partial charge in [0.15, 0.2) is 23.0 Å². The molecule has 1 heterocycles. The lowest BCUT2D eigenvalue weighted by molar-refractivity contribution is 0.0988. The minimum Gasteiger partial charge on any atom is -0.508 e. The molecule has 178 valence electrons. The van der Waals surface area contributed by atoms with E-state index in [0.29, 0.717) is 17.9 Å². The Balaban J connectivity index is 1.67. The molecule has 0 saturated carbocycles. The van der Waals surface area contributed by atoms with Crippen molar-refractivity contribution in [2.24, 2.45) is 5.92 Å². The van der Waals surface area contributed by atoms with Crippen LogP contribution in [0.4, 0.5) is 0 Å². The highest BCUT2D eigenvalue weighted by Crippen LogP contribution is 2.62. The van der Waals surface area contributed by atoms with Crippen LogP contribution in [0, 0.1) is 5.92 Å². The number of methoxy groups -OCH3 is 3. The van der Waals surface area contributed by atoms with E-state index in [1.165, 1.54) is 27.4 Å². The molecule has 5 rings (SSSR count). The summed E-state index contributed by atoms with van der Waals surface area (Å²) in [6.07, 6.45) is -0.384. The Morgan fingerprint density at radius 1 is 0.765 bits per heavy atom. The molecule has 0 spiro atoms. The molecule has 34 heavy (non-hydrogen) atoms. The van der Waals surface area contributed by atoms with Gasteiger partial charge in [-0.25, -0.2) is 0 Å². The summed E-state index contributed by atoms with van der Waals surface area (Å²) in [4.78, 5) is 0. The van der Waals surface area contributed by atoms with E-state index in [0.717, 1.165) is 16.7 Å². The van der Waals surface area contributed by atoms with Crippen molar-refractivity contribution in [1.29, 1.82) is 0 Å². The summed E-state index contributed by atoms with van der Waals surface area (Å²) in [7, 11) is 4.41. The number of phenolic OH excluding ortho intramolecular Hbond substituents is 4. The topological polar surface area (TPSA) is 118 Å². The second kappa shape index (κ2) is 8.22. The van der Waals surface area contributed by atoms with Gasteiger partial charge in [-0.05, 0) is 47.0 Å². The minimum absolute atomic E-state index is 0.0116. The van der Waals surface area contributed by atoms with Crippen LogP contribution in [-0.4, -0.2) is 48.4 Å². The van der Waals surface area contributed by atoms with Gasteiger partial charge in [-0.1, -0.05) is 6.07 Å². The van der Waals surface area contributed by atoms with Gasteiger partial charge in [0.05, 0.1) is 34.0 Å². The van der Waals surface area contributed by atoms with Crippen molar-refractivity contribution in [2.45, 2.75) is 17.9 Å². The quantitative estimate of drug-likeness (QED) is 0.443. The van der Waals surface area contributed by atoms with E-state index in [4.69, 9.17) is 18.9 Å². The zero-order valence-electron chi connectivity index (χ0n) is 19.0. The molecule has 1 fully saturated rings. The van der Waals surface area contributed by atoms with Gasteiger partial charge in [0.1, 0.15) is 11.5 Å². The Morgan fingerprint density at radius 2 is 1.41 bits per heavy atom. The van der Waals surface area contributed by atoms with Gasteiger partial charge < -0.3 is 39.4 Å². The van der Waals surface area contributed by atoms with Crippen molar-refractivity contribution < 1.29 is 39.4 Å². The SMILES string of the molecule is COc1cc(C2OCC3C(c4cc(OC)c(O)c(OC)c4)c4c(O)cc(O)cc4C23)ccc1O. The summed E-state index contributed by atoms with van der Waals surface area (Å²) in [5.74, 6) is 0.184. The second-order valence-electron chi connectivity index (χ2n) is 8.59. The van der Waals surface area contributed by atoms with Crippen molar-refractivity contribution in [3.8, 4) is 40.2 Å². The van der Waals surface area contributed by atoms with Crippen LogP contribution in [0.25, 0.3) is 0 Å². The Kier molecular flexibility index (Phi) is 5.32. The van der Waals surface area contributed by atoms with Crippen LogP contribution in [0.2, 0.25) is 0 Å². The molecular formula is C26H26O8. The maximum Gasteiger partial charge on any atom is 0.200 e. The van der Waals surface area contributed by atoms with Gasteiger partial charge in [-0.15, -0.1) is 0 Å². The highest BCUT2D eigenvalue weighted by atomic mass is 16.5. The lowest BCUT2D eigenvalue weighted by atomic mass is 9.81. The van der Waals surface area contributed by atoms with E-state index in [1.807, 2.05) is 0 Å². The number of fused-ring (bicyclic) bond motifs is 3. The largest absolute Gasteiger partial charge is 0.508 e. The molecule has 4 atom stereocenters. The van der Waals surface area contributed by atoms with Gasteiger partial charge in [0, 0.05) is 29.4 Å². The first-order chi connectivity index (χ1) is 16.4. The first-order valence-electron chi connectivity index (χ1n) is 10.9. The van der Waals surface area contributed by atoms with Crippen molar-refractivity contribution in [3.05, 3.63) is 64.7 Å². The molecule has 0 radical (unpaired) electrons. The molecule has 1 aliphatic carbocycles. The van der Waals surface area contributed by atoms with Gasteiger partial charge in [-0.3, -0.25) is 0 Å². The lowest BCUT2D eigenvalue weighted by Gasteiger charge is -2.22. The van der Waals surface area contributed by atoms with Crippen LogP contribution in [0.1, 0.15) is 40.2 Å². The van der Waals surface area contributed by atoms with E-state index in [-0.39, 0.29) is 58.4 Å². The Morgan fingerprint density at radius 3 is 2.06 bits per heavy atom. The van der Waals surface area contributed by atoms with Gasteiger partial charge in [0.25, 0.3) is 0 Å². The number of phenols is 4. The molecule has 8 nitrogen and oxygen atoms in total. The van der Waals surface area contributed by atoms with Gasteiger partial charge in [0.2, 0.25) is 5.75 Å². The first-order valence-corrected chi connectivity index (χ1v) is 10.9. The number of benzene rings is 3. The van der Waals surface area contributed by atoms with Crippen LogP contribution in [-0.2, 0) is 4.74 Å². The number of hydrogen-bond donors (Lipinski definition) is 4. The maximum atomic E-state index is 10.9. The molecule has 1 aliphatic heterocycles. The highest BCUT2D eigenvalue weighted by Gasteiger charge is 2.52. The first kappa shape index (κ1) is 22.0. The average molecular weight is 466 g/mol. The Hall–Kier alpha value is -3.78. The van der Waals surface area contributed by atoms with E-state index in [9.17, 15) is 20.4 Å². The number of aromatic hydroxyl groups is 4. The van der Waals surface area contributed by atoms with E-state index in [2.05, 4.69) is 0 Å². The Labute approximate surface area is 196 Å². The summed E-state index contributed by atoms with van der Waals surface area (Å²) in [5.41, 5.74) is 3.08. The normalized spacial score (nSPS) is 22.8. The molecule has 0 aromatic heterocycles. The summed E-state index contributed by atoms with van der Waals surface area (Å²) in [5, 5.41) is 41.7. The number of rotatable bonds is 5. The molecule has 2 aliphatic rings. The zero-order valence-corrected chi connectivity index (χ0v) is 19.0. The van der Waals surface area contributed by atoms with Crippen molar-refractivity contribution in [1.82, 2.24) is 0 Å². The minimum atomic E-state index is -0.384. The summed E-state index contributed by atoms with van der Waals surface area (Å²) >= 11 is 0. The maximum absolute atomic E-state index is 10.9. The third-order valence-corrected chi connectivity index (χ3v) is 6.92. The van der Waals surface area contributed by atoms with Crippen LogP contribution >= 0.6 is 0 Å². The van der Waals surface area contributed by atoms with E-state index in [1.54, 1.807) is 36.4 Å². The third kappa shape index (κ3) is 3.25. The number of hydrogen-bond acceptors (Lipinski definition) is 8. The Bertz CT molecular complexity index is 1230. The van der Waals surface area contributed by atoms with Crippen LogP contribution in [0.15, 0.2) is 42.5 Å². The smallest absolute Gasteiger partial charge is 0.200 e. The van der Waals surface area contributed by atoms with E-state index >= 15 is 0 Å². The van der Waals surface area contributed by atoms with Crippen molar-refractivity contribution in [3.63, 3.8) is 0 Å². The summed E-state index contributed by atoms with van der Waals surface area (Å²) in [6.45, 7) is 0.392. The predicted molar refractivity (Wildman–Crippen MR) is 122 cm³/mol. The van der Waals surface area contributed by atoms with Crippen LogP contribution in [0.3, 0.4) is 0 Å². The molecule has 0 amide bonds. The molecule has 3 aromatic carbocycles. The average Bonchev–Trinajstić information content (AvgIpc) is 3.39. The monoisotopic (exact) mass is 466 g/mol. The standard InChI is InChI=1S/C26H26O8/c1-31-19-6-12(4-5-17(19)28)26-23-15-9-14(27)10-18(29)24(15)22(16(23)11-34-26)13-7-20(32-2)25(30)21(8-13)33-3/h4-10,16,22-23,26-30H,11H2,1-3H3. The van der Waals surface area contributed by atoms with Crippen molar-refractivity contribution >= 4 is 0 Å². The van der Waals surface area contributed by atoms with Gasteiger partial charge >= 0.3 is 0 Å². The molecule has 3 aromatic rings. The van der Waals surface area contributed by atoms with E-state index < -0.39 is 0 Å². The summed E-state index contributed by atoms with van der Waals surface area (Å²) < 4.78 is 22.3. The lowest BCUT2D eigenvalue weighted by Crippen LogP contribution is -2.13. The fourth-order valence-corrected chi connectivity index (χ4v) is 5.50. The van der Waals surface area contributed by atoms with Crippen LogP contribution < -0.4 is 14.2 Å². The fourth-order valence-electron chi connectivity index (χ4n) is 5.50.